The maximum atomic E-state index is 13.5. The van der Waals surface area contributed by atoms with Crippen molar-refractivity contribution in [3.63, 3.8) is 0 Å². The molecule has 5 rings (SSSR count). The number of ether oxygens (including phenoxy) is 1. The number of nitrogens with two attached hydrogens (primary N) is 3. The van der Waals surface area contributed by atoms with Crippen LogP contribution in [0.5, 0.6) is 5.75 Å². The smallest absolute Gasteiger partial charge is 0.418 e. The number of anilines is 2. The number of oxime groups is 1. The van der Waals surface area contributed by atoms with Gasteiger partial charge >= 0.3 is 22.3 Å². The lowest BCUT2D eigenvalue weighted by Gasteiger charge is -2.50. The molecule has 3 aromatic rings. The monoisotopic (exact) mass is 763 g/mol. The first-order chi connectivity index (χ1) is 24.4. The highest BCUT2D eigenvalue weighted by molar-refractivity contribution is 7.80. The van der Waals surface area contributed by atoms with Gasteiger partial charge in [-0.1, -0.05) is 16.2 Å². The standard InChI is InChI=1S/C30H38N10O10S2/c1-29(2)23(25(42)40(29)50-52(45,46)47)37-24(41)22(19-14-51-27(33)36-19)38-49-30(3,26(43)44)21-8-6-16-9-15(5-7-20(16)48-21)17-12-34-28(39(4)13-17)35-18(10-31)11-32/h5,7,9,12-14,18,21,23H,6,8,10-11,31-32H2,1-4H3,(H5,33,36,37,41,43,44,45,46,47)/p+1/b38-22-/t21-,23-,30+/m1/s1. The summed E-state index contributed by atoms with van der Waals surface area (Å²) in [4.78, 5) is 53.0. The van der Waals surface area contributed by atoms with E-state index in [4.69, 9.17) is 31.3 Å². The van der Waals surface area contributed by atoms with Crippen LogP contribution in [0.1, 0.15) is 38.4 Å². The van der Waals surface area contributed by atoms with Gasteiger partial charge in [0, 0.05) is 24.0 Å². The number of benzene rings is 1. The Morgan fingerprint density at radius 3 is 2.58 bits per heavy atom. The second-order valence-electron chi connectivity index (χ2n) is 12.8. The molecule has 22 heteroatoms. The van der Waals surface area contributed by atoms with Crippen molar-refractivity contribution in [2.24, 2.45) is 23.7 Å². The summed E-state index contributed by atoms with van der Waals surface area (Å²) in [6, 6.07) is 3.98. The fourth-order valence-electron chi connectivity index (χ4n) is 5.56. The van der Waals surface area contributed by atoms with Crippen LogP contribution >= 0.6 is 11.3 Å². The molecular formula is C30H39N10O10S2+. The normalized spacial score (nSPS) is 19.6. The van der Waals surface area contributed by atoms with Crippen LogP contribution in [-0.2, 0) is 47.4 Å². The number of aryl methyl sites for hydroxylation is 2. The molecule has 20 nitrogen and oxygen atoms in total. The Hall–Kier alpha value is -5.00. The molecule has 1 fully saturated rings. The number of fused-ring (bicyclic) bond motifs is 1. The first kappa shape index (κ1) is 38.2. The zero-order valence-corrected chi connectivity index (χ0v) is 30.1. The summed E-state index contributed by atoms with van der Waals surface area (Å²) in [5, 5.41) is 21.7. The van der Waals surface area contributed by atoms with Gasteiger partial charge in [0.05, 0.1) is 24.8 Å². The fourth-order valence-corrected chi connectivity index (χ4v) is 6.56. The molecule has 2 aliphatic heterocycles. The summed E-state index contributed by atoms with van der Waals surface area (Å²) in [6.45, 7) is 4.68. The summed E-state index contributed by atoms with van der Waals surface area (Å²) in [5.41, 5.74) is 15.6. The third-order valence-corrected chi connectivity index (χ3v) is 9.71. The first-order valence-corrected chi connectivity index (χ1v) is 18.0. The molecule has 4 heterocycles. The van der Waals surface area contributed by atoms with E-state index in [9.17, 15) is 27.9 Å². The Morgan fingerprint density at radius 2 is 2.00 bits per heavy atom. The second-order valence-corrected chi connectivity index (χ2v) is 14.7. The van der Waals surface area contributed by atoms with Gasteiger partial charge in [-0.2, -0.15) is 13.5 Å². The van der Waals surface area contributed by atoms with Gasteiger partial charge in [-0.3, -0.25) is 19.5 Å². The molecule has 0 aliphatic carbocycles. The van der Waals surface area contributed by atoms with Gasteiger partial charge in [0.25, 0.3) is 17.4 Å². The Labute approximate surface area is 301 Å². The van der Waals surface area contributed by atoms with E-state index < -0.39 is 57.2 Å². The fraction of sp³-hybridized carbons (Fsp3) is 0.433. The summed E-state index contributed by atoms with van der Waals surface area (Å²) in [7, 11) is -3.20. The summed E-state index contributed by atoms with van der Waals surface area (Å²) in [5.74, 6) is -2.43. The van der Waals surface area contributed by atoms with Gasteiger partial charge in [0.1, 0.15) is 23.7 Å². The van der Waals surface area contributed by atoms with Gasteiger partial charge in [0.2, 0.25) is 0 Å². The number of nitrogen functional groups attached to an aromatic ring is 1. The van der Waals surface area contributed by atoms with Gasteiger partial charge < -0.3 is 37.2 Å². The SMILES string of the molecule is C[n+]1cc(-c2ccc3c(c2)CC[C@H]([C@](C)(O/N=C(\C(=O)N[C@@H]2C(=O)N(OS(=O)(=O)O)C2(C)C)c2csc(N)n2)C(=O)O)O3)cnc1NC(CN)CN. The number of carbonyl (C=O) groups is 3. The maximum Gasteiger partial charge on any atom is 0.418 e. The highest BCUT2D eigenvalue weighted by Gasteiger charge is 2.58. The van der Waals surface area contributed by atoms with E-state index in [1.54, 1.807) is 12.3 Å². The number of nitrogens with one attached hydrogen (secondary N) is 2. The molecule has 1 saturated heterocycles. The topological polar surface area (TPSA) is 301 Å². The molecule has 3 atom stereocenters. The van der Waals surface area contributed by atoms with Crippen molar-refractivity contribution in [1.82, 2.24) is 20.3 Å². The first-order valence-electron chi connectivity index (χ1n) is 15.7. The summed E-state index contributed by atoms with van der Waals surface area (Å²) < 4.78 is 43.7. The third kappa shape index (κ3) is 7.75. The van der Waals surface area contributed by atoms with Crippen LogP contribution in [0.15, 0.2) is 41.1 Å². The maximum absolute atomic E-state index is 13.5. The molecule has 0 spiro atoms. The second kappa shape index (κ2) is 14.6. The lowest BCUT2D eigenvalue weighted by Crippen LogP contribution is -2.76. The number of aromatic nitrogens is 3. The van der Waals surface area contributed by atoms with Gasteiger partial charge in [-0.15, -0.1) is 15.6 Å². The van der Waals surface area contributed by atoms with Crippen molar-refractivity contribution < 1.29 is 50.9 Å². The van der Waals surface area contributed by atoms with Crippen molar-refractivity contribution in [1.29, 1.82) is 0 Å². The Balaban J connectivity index is 1.35. The molecule has 1 aromatic carbocycles. The molecule has 2 aromatic heterocycles. The van der Waals surface area contributed by atoms with Crippen molar-refractivity contribution in [2.75, 3.05) is 24.1 Å². The number of carbonyl (C=O) groups excluding carboxylic acids is 2. The van der Waals surface area contributed by atoms with Gasteiger partial charge in [-0.25, -0.2) is 14.3 Å². The molecule has 2 amide bonds. The van der Waals surface area contributed by atoms with E-state index in [1.165, 1.54) is 26.2 Å². The van der Waals surface area contributed by atoms with Crippen LogP contribution in [0.25, 0.3) is 11.1 Å². The number of aliphatic carboxylic acids is 1. The Bertz CT molecular complexity index is 2020. The number of nitrogens with zero attached hydrogens (tertiary/aromatic N) is 5. The number of carboxylic acids is 1. The molecule has 0 radical (unpaired) electrons. The number of thiazole rings is 1. The Kier molecular flexibility index (Phi) is 10.7. The van der Waals surface area contributed by atoms with Crippen LogP contribution < -0.4 is 37.1 Å². The summed E-state index contributed by atoms with van der Waals surface area (Å²) >= 11 is 0.963. The zero-order valence-electron chi connectivity index (χ0n) is 28.5. The number of β-lactam (4-membered cyclic amide) rings is 1. The predicted octanol–water partition coefficient (Wildman–Crippen LogP) is -0.892. The van der Waals surface area contributed by atoms with Crippen LogP contribution in [0.2, 0.25) is 0 Å². The third-order valence-electron chi connectivity index (χ3n) is 8.70. The number of hydroxylamine groups is 2. The van der Waals surface area contributed by atoms with E-state index in [0.717, 1.165) is 28.0 Å². The van der Waals surface area contributed by atoms with Gasteiger partial charge in [-0.05, 0) is 56.9 Å². The molecule has 0 saturated carbocycles. The van der Waals surface area contributed by atoms with Crippen LogP contribution in [0.4, 0.5) is 11.1 Å². The lowest BCUT2D eigenvalue weighted by atomic mass is 9.84. The van der Waals surface area contributed by atoms with Crippen molar-refractivity contribution >= 4 is 56.3 Å². The minimum Gasteiger partial charge on any atom is -0.485 e. The molecular weight excluding hydrogens is 725 g/mol. The molecule has 0 bridgehead atoms. The number of rotatable bonds is 14. The number of hydrogen-bond donors (Lipinski definition) is 7. The highest BCUT2D eigenvalue weighted by atomic mass is 32.3. The summed E-state index contributed by atoms with van der Waals surface area (Å²) in [6.07, 6.45) is 3.15. The molecule has 10 N–H and O–H groups in total. The number of amides is 2. The minimum absolute atomic E-state index is 0.0554. The van der Waals surface area contributed by atoms with E-state index in [0.29, 0.717) is 36.3 Å². The van der Waals surface area contributed by atoms with Crippen LogP contribution in [0.3, 0.4) is 0 Å². The van der Waals surface area contributed by atoms with Crippen LogP contribution in [-0.4, -0.2) is 99.0 Å². The average Bonchev–Trinajstić information content (AvgIpc) is 3.53. The molecule has 52 heavy (non-hydrogen) atoms. The lowest BCUT2D eigenvalue weighted by molar-refractivity contribution is -0.659. The van der Waals surface area contributed by atoms with E-state index in [-0.39, 0.29) is 23.3 Å². The number of carboxylic acid groups (broad SMARTS) is 1. The van der Waals surface area contributed by atoms with Crippen molar-refractivity contribution in [2.45, 2.75) is 62.9 Å². The predicted molar refractivity (Wildman–Crippen MR) is 185 cm³/mol. The Morgan fingerprint density at radius 1 is 1.29 bits per heavy atom. The van der Waals surface area contributed by atoms with E-state index in [1.807, 2.05) is 29.9 Å². The zero-order chi connectivity index (χ0) is 38.2. The van der Waals surface area contributed by atoms with Gasteiger partial charge in [0.15, 0.2) is 16.9 Å². The minimum atomic E-state index is -5.04. The van der Waals surface area contributed by atoms with E-state index in [2.05, 4.69) is 30.0 Å². The largest absolute Gasteiger partial charge is 0.485 e. The van der Waals surface area contributed by atoms with E-state index >= 15 is 0 Å². The number of hydrogen-bond acceptors (Lipinski definition) is 16. The molecule has 2 aliphatic rings. The molecule has 0 unspecified atom stereocenters. The average molecular weight is 764 g/mol. The quantitative estimate of drug-likeness (QED) is 0.0344. The molecule has 280 valence electrons. The highest BCUT2D eigenvalue weighted by Crippen LogP contribution is 2.37. The van der Waals surface area contributed by atoms with Crippen molar-refractivity contribution in [3.8, 4) is 16.9 Å². The van der Waals surface area contributed by atoms with Crippen molar-refractivity contribution in [3.05, 3.63) is 47.2 Å². The van der Waals surface area contributed by atoms with Crippen LogP contribution in [0, 0.1) is 0 Å².